The molecule has 0 saturated carbocycles. The molecule has 3 heterocycles. The van der Waals surface area contributed by atoms with Crippen molar-refractivity contribution in [1.82, 2.24) is 35.3 Å². The summed E-state index contributed by atoms with van der Waals surface area (Å²) in [7, 11) is 0. The average molecular weight is 313 g/mol. The molecular formula is C16H23N7. The molecule has 23 heavy (non-hydrogen) atoms. The van der Waals surface area contributed by atoms with Gasteiger partial charge in [0.15, 0.2) is 5.82 Å². The molecule has 1 aromatic heterocycles. The van der Waals surface area contributed by atoms with Crippen LogP contribution in [0.1, 0.15) is 12.2 Å². The third-order valence-corrected chi connectivity index (χ3v) is 4.86. The van der Waals surface area contributed by atoms with Crippen molar-refractivity contribution in [2.75, 3.05) is 39.3 Å². The molecule has 2 aromatic rings. The molecule has 1 atom stereocenters. The highest BCUT2D eigenvalue weighted by Gasteiger charge is 2.26. The lowest BCUT2D eigenvalue weighted by molar-refractivity contribution is 0.0960. The molecule has 0 radical (unpaired) electrons. The smallest absolute Gasteiger partial charge is 0.170 e. The molecule has 1 unspecified atom stereocenters. The summed E-state index contributed by atoms with van der Waals surface area (Å²) < 4.78 is 1.84. The topological polar surface area (TPSA) is 62.1 Å². The number of nitrogens with one attached hydrogen (secondary N) is 1. The lowest BCUT2D eigenvalue weighted by atomic mass is 10.2. The highest BCUT2D eigenvalue weighted by Crippen LogP contribution is 2.14. The highest BCUT2D eigenvalue weighted by atomic mass is 15.5. The monoisotopic (exact) mass is 313 g/mol. The van der Waals surface area contributed by atoms with E-state index in [4.69, 9.17) is 0 Å². The molecule has 7 heteroatoms. The lowest BCUT2D eigenvalue weighted by Crippen LogP contribution is -2.50. The molecule has 2 saturated heterocycles. The maximum Gasteiger partial charge on any atom is 0.170 e. The first-order valence-corrected chi connectivity index (χ1v) is 8.40. The molecule has 2 aliphatic heterocycles. The molecule has 0 spiro atoms. The Morgan fingerprint density at radius 2 is 1.91 bits per heavy atom. The van der Waals surface area contributed by atoms with Crippen LogP contribution >= 0.6 is 0 Å². The number of tetrazole rings is 1. The summed E-state index contributed by atoms with van der Waals surface area (Å²) in [6.07, 6.45) is 1.28. The van der Waals surface area contributed by atoms with Crippen molar-refractivity contribution in [3.63, 3.8) is 0 Å². The highest BCUT2D eigenvalue weighted by molar-refractivity contribution is 5.30. The van der Waals surface area contributed by atoms with Crippen molar-refractivity contribution in [3.05, 3.63) is 36.2 Å². The van der Waals surface area contributed by atoms with Gasteiger partial charge in [-0.3, -0.25) is 9.80 Å². The zero-order chi connectivity index (χ0) is 15.5. The second-order valence-electron chi connectivity index (χ2n) is 6.30. The van der Waals surface area contributed by atoms with Gasteiger partial charge in [0.2, 0.25) is 0 Å². The second kappa shape index (κ2) is 6.74. The van der Waals surface area contributed by atoms with Crippen LogP contribution < -0.4 is 5.32 Å². The minimum absolute atomic E-state index is 0.729. The van der Waals surface area contributed by atoms with Gasteiger partial charge in [-0.05, 0) is 35.5 Å². The Hall–Kier alpha value is -1.83. The number of hydrogen-bond acceptors (Lipinski definition) is 6. The van der Waals surface area contributed by atoms with E-state index >= 15 is 0 Å². The fraction of sp³-hybridized carbons (Fsp3) is 0.562. The van der Waals surface area contributed by atoms with Crippen molar-refractivity contribution in [3.8, 4) is 5.69 Å². The molecule has 0 bridgehead atoms. The van der Waals surface area contributed by atoms with Crippen LogP contribution in [0.15, 0.2) is 30.3 Å². The first kappa shape index (κ1) is 14.7. The van der Waals surface area contributed by atoms with E-state index in [1.54, 1.807) is 0 Å². The predicted octanol–water partition coefficient (Wildman–Crippen LogP) is 0.142. The molecule has 122 valence electrons. The van der Waals surface area contributed by atoms with Crippen molar-refractivity contribution in [2.24, 2.45) is 0 Å². The van der Waals surface area contributed by atoms with Crippen LogP contribution in [0, 0.1) is 0 Å². The van der Waals surface area contributed by atoms with Crippen LogP contribution in [-0.4, -0.2) is 75.3 Å². The van der Waals surface area contributed by atoms with Crippen LogP contribution in [-0.2, 0) is 6.54 Å². The normalized spacial score (nSPS) is 23.4. The van der Waals surface area contributed by atoms with Gasteiger partial charge in [-0.2, -0.15) is 4.68 Å². The Labute approximate surface area is 136 Å². The number of nitrogens with zero attached hydrogens (tertiary/aromatic N) is 6. The Kier molecular flexibility index (Phi) is 4.32. The van der Waals surface area contributed by atoms with Gasteiger partial charge in [-0.25, -0.2) is 0 Å². The van der Waals surface area contributed by atoms with Crippen LogP contribution in [0.5, 0.6) is 0 Å². The van der Waals surface area contributed by atoms with E-state index in [0.717, 1.165) is 63.4 Å². The SMILES string of the molecule is c1ccc(-n2nnnc2CN2CCN(C3CCNC3)CC2)cc1. The zero-order valence-corrected chi connectivity index (χ0v) is 13.3. The summed E-state index contributed by atoms with van der Waals surface area (Å²) in [6.45, 7) is 7.55. The number of para-hydroxylation sites is 1. The summed E-state index contributed by atoms with van der Waals surface area (Å²) in [6, 6.07) is 10.8. The maximum absolute atomic E-state index is 4.22. The van der Waals surface area contributed by atoms with Gasteiger partial charge < -0.3 is 5.32 Å². The predicted molar refractivity (Wildman–Crippen MR) is 87.3 cm³/mol. The molecule has 1 N–H and O–H groups in total. The average Bonchev–Trinajstić information content (AvgIpc) is 3.28. The molecule has 4 rings (SSSR count). The van der Waals surface area contributed by atoms with Crippen molar-refractivity contribution >= 4 is 0 Å². The van der Waals surface area contributed by atoms with Crippen molar-refractivity contribution in [2.45, 2.75) is 19.0 Å². The summed E-state index contributed by atoms with van der Waals surface area (Å²) >= 11 is 0. The van der Waals surface area contributed by atoms with Crippen LogP contribution in [0.25, 0.3) is 5.69 Å². The van der Waals surface area contributed by atoms with Crippen molar-refractivity contribution < 1.29 is 0 Å². The van der Waals surface area contributed by atoms with E-state index in [1.807, 2.05) is 35.0 Å². The first-order valence-electron chi connectivity index (χ1n) is 8.40. The van der Waals surface area contributed by atoms with E-state index in [0.29, 0.717) is 0 Å². The summed E-state index contributed by atoms with van der Waals surface area (Å²) in [5, 5.41) is 15.7. The third-order valence-electron chi connectivity index (χ3n) is 4.86. The third kappa shape index (κ3) is 3.26. The molecule has 2 fully saturated rings. The zero-order valence-electron chi connectivity index (χ0n) is 13.3. The molecule has 7 nitrogen and oxygen atoms in total. The number of piperazine rings is 1. The molecule has 2 aliphatic rings. The van der Waals surface area contributed by atoms with E-state index in [-0.39, 0.29) is 0 Å². The molecular weight excluding hydrogens is 290 g/mol. The van der Waals surface area contributed by atoms with E-state index in [9.17, 15) is 0 Å². The maximum atomic E-state index is 4.22. The summed E-state index contributed by atoms with van der Waals surface area (Å²) in [5.74, 6) is 0.909. The molecule has 1 aromatic carbocycles. The van der Waals surface area contributed by atoms with Crippen LogP contribution in [0.3, 0.4) is 0 Å². The Balaban J connectivity index is 1.38. The Morgan fingerprint density at radius 1 is 1.09 bits per heavy atom. The number of aromatic nitrogens is 4. The quantitative estimate of drug-likeness (QED) is 0.866. The van der Waals surface area contributed by atoms with Gasteiger partial charge in [-0.1, -0.05) is 18.2 Å². The number of benzene rings is 1. The molecule has 0 amide bonds. The van der Waals surface area contributed by atoms with Crippen molar-refractivity contribution in [1.29, 1.82) is 0 Å². The number of rotatable bonds is 4. The van der Waals surface area contributed by atoms with E-state index < -0.39 is 0 Å². The first-order chi connectivity index (χ1) is 11.4. The van der Waals surface area contributed by atoms with E-state index in [1.165, 1.54) is 6.42 Å². The largest absolute Gasteiger partial charge is 0.315 e. The van der Waals surface area contributed by atoms with Gasteiger partial charge in [0.1, 0.15) is 0 Å². The Bertz CT molecular complexity index is 612. The van der Waals surface area contributed by atoms with E-state index in [2.05, 4.69) is 30.6 Å². The fourth-order valence-electron chi connectivity index (χ4n) is 3.51. The summed E-state index contributed by atoms with van der Waals surface area (Å²) in [4.78, 5) is 5.07. The lowest BCUT2D eigenvalue weighted by Gasteiger charge is -2.37. The number of hydrogen-bond donors (Lipinski definition) is 1. The van der Waals surface area contributed by atoms with Gasteiger partial charge in [-0.15, -0.1) is 5.10 Å². The minimum Gasteiger partial charge on any atom is -0.315 e. The van der Waals surface area contributed by atoms with Crippen LogP contribution in [0.2, 0.25) is 0 Å². The second-order valence-corrected chi connectivity index (χ2v) is 6.30. The fourth-order valence-corrected chi connectivity index (χ4v) is 3.51. The van der Waals surface area contributed by atoms with Gasteiger partial charge in [0, 0.05) is 38.8 Å². The Morgan fingerprint density at radius 3 is 2.65 bits per heavy atom. The van der Waals surface area contributed by atoms with Crippen LogP contribution in [0.4, 0.5) is 0 Å². The summed E-state index contributed by atoms with van der Waals surface area (Å²) in [5.41, 5.74) is 1.02. The molecule has 0 aliphatic carbocycles. The standard InChI is InChI=1S/C16H23N7/c1-2-4-14(5-3-1)23-16(18-19-20-23)13-21-8-10-22(11-9-21)15-6-7-17-12-15/h1-5,15,17H,6-13H2. The van der Waals surface area contributed by atoms with Gasteiger partial charge in [0.05, 0.1) is 12.2 Å². The van der Waals surface area contributed by atoms with Gasteiger partial charge >= 0.3 is 0 Å². The van der Waals surface area contributed by atoms with Gasteiger partial charge in [0.25, 0.3) is 0 Å². The minimum atomic E-state index is 0.729.